The van der Waals surface area contributed by atoms with E-state index in [-0.39, 0.29) is 0 Å². The van der Waals surface area contributed by atoms with Crippen molar-refractivity contribution in [2.24, 2.45) is 0 Å². The molecule has 0 atom stereocenters. The molecular weight excluding hydrogens is 266 g/mol. The van der Waals surface area contributed by atoms with Crippen molar-refractivity contribution >= 4 is 5.69 Å². The fourth-order valence-electron chi connectivity index (χ4n) is 2.75. The average molecular weight is 287 g/mol. The second-order valence-electron chi connectivity index (χ2n) is 5.33. The Balaban J connectivity index is 1.44. The average Bonchev–Trinajstić information content (AvgIpc) is 3.02. The van der Waals surface area contributed by atoms with Gasteiger partial charge in [0, 0.05) is 39.3 Å². The summed E-state index contributed by atoms with van der Waals surface area (Å²) in [6.07, 6.45) is 4.42. The first-order chi connectivity index (χ1) is 10.3. The molecule has 0 spiro atoms. The van der Waals surface area contributed by atoms with Gasteiger partial charge in [0.2, 0.25) is 0 Å². The predicted molar refractivity (Wildman–Crippen MR) is 81.4 cm³/mol. The molecule has 1 aromatic carbocycles. The molecule has 0 aliphatic carbocycles. The number of hydrogen-bond acceptors (Lipinski definition) is 5. The van der Waals surface area contributed by atoms with Crippen LogP contribution in [0.1, 0.15) is 6.42 Å². The number of aromatic nitrogens is 3. The number of nitrogens with zero attached hydrogens (tertiary/aromatic N) is 5. The van der Waals surface area contributed by atoms with Crippen LogP contribution in [0.4, 0.5) is 5.69 Å². The third kappa shape index (κ3) is 3.52. The maximum absolute atomic E-state index is 9.90. The van der Waals surface area contributed by atoms with E-state index in [1.54, 1.807) is 18.7 Å². The van der Waals surface area contributed by atoms with E-state index in [9.17, 15) is 5.11 Å². The number of para-hydroxylation sites is 2. The Kier molecular flexibility index (Phi) is 4.35. The van der Waals surface area contributed by atoms with Gasteiger partial charge in [0.05, 0.1) is 5.69 Å². The third-order valence-corrected chi connectivity index (χ3v) is 3.92. The summed E-state index contributed by atoms with van der Waals surface area (Å²) in [7, 11) is 0. The maximum Gasteiger partial charge on any atom is 0.138 e. The molecule has 3 rings (SSSR count). The summed E-state index contributed by atoms with van der Waals surface area (Å²) < 4.78 is 1.87. The first-order valence-electron chi connectivity index (χ1n) is 7.40. The molecule has 0 saturated carbocycles. The van der Waals surface area contributed by atoms with E-state index in [0.29, 0.717) is 5.75 Å². The molecule has 0 radical (unpaired) electrons. The van der Waals surface area contributed by atoms with Crippen molar-refractivity contribution in [2.75, 3.05) is 37.6 Å². The highest BCUT2D eigenvalue weighted by atomic mass is 16.3. The van der Waals surface area contributed by atoms with E-state index in [2.05, 4.69) is 19.9 Å². The van der Waals surface area contributed by atoms with Gasteiger partial charge in [-0.3, -0.25) is 9.58 Å². The highest BCUT2D eigenvalue weighted by molar-refractivity contribution is 5.57. The van der Waals surface area contributed by atoms with Crippen molar-refractivity contribution in [3.63, 3.8) is 0 Å². The minimum Gasteiger partial charge on any atom is -0.506 e. The van der Waals surface area contributed by atoms with Crippen LogP contribution in [0.2, 0.25) is 0 Å². The second kappa shape index (κ2) is 6.58. The van der Waals surface area contributed by atoms with Crippen molar-refractivity contribution in [1.82, 2.24) is 19.7 Å². The van der Waals surface area contributed by atoms with E-state index in [1.165, 1.54) is 0 Å². The van der Waals surface area contributed by atoms with Gasteiger partial charge in [0.25, 0.3) is 0 Å². The smallest absolute Gasteiger partial charge is 0.138 e. The van der Waals surface area contributed by atoms with E-state index in [1.807, 2.05) is 22.9 Å². The predicted octanol–water partition coefficient (Wildman–Crippen LogP) is 1.20. The molecule has 2 heterocycles. The van der Waals surface area contributed by atoms with Crippen LogP contribution in [0.5, 0.6) is 5.75 Å². The number of aryl methyl sites for hydroxylation is 1. The molecule has 0 unspecified atom stereocenters. The van der Waals surface area contributed by atoms with Gasteiger partial charge in [0.1, 0.15) is 18.4 Å². The van der Waals surface area contributed by atoms with Crippen LogP contribution >= 0.6 is 0 Å². The number of anilines is 1. The van der Waals surface area contributed by atoms with Crippen LogP contribution in [0.3, 0.4) is 0 Å². The summed E-state index contributed by atoms with van der Waals surface area (Å²) in [6, 6.07) is 7.56. The summed E-state index contributed by atoms with van der Waals surface area (Å²) in [6.45, 7) is 5.98. The highest BCUT2D eigenvalue weighted by Gasteiger charge is 2.18. The normalized spacial score (nSPS) is 16.3. The van der Waals surface area contributed by atoms with E-state index >= 15 is 0 Å². The number of benzene rings is 1. The van der Waals surface area contributed by atoms with Gasteiger partial charge in [-0.15, -0.1) is 0 Å². The molecule has 2 aromatic rings. The number of piperazine rings is 1. The zero-order valence-electron chi connectivity index (χ0n) is 12.1. The summed E-state index contributed by atoms with van der Waals surface area (Å²) >= 11 is 0. The topological polar surface area (TPSA) is 57.4 Å². The zero-order valence-corrected chi connectivity index (χ0v) is 12.1. The molecule has 1 fully saturated rings. The summed E-state index contributed by atoms with van der Waals surface area (Å²) in [5.41, 5.74) is 0.944. The standard InChI is InChI=1S/C15H21N5O/c21-15-5-2-1-4-14(15)19-10-8-18(9-11-19)6-3-7-20-13-16-12-17-20/h1-2,4-5,12-13,21H,3,6-11H2. The molecule has 21 heavy (non-hydrogen) atoms. The Morgan fingerprint density at radius 3 is 2.57 bits per heavy atom. The van der Waals surface area contributed by atoms with Crippen molar-refractivity contribution in [3.8, 4) is 5.75 Å². The molecular formula is C15H21N5O. The molecule has 1 aliphatic rings. The Bertz CT molecular complexity index is 549. The molecule has 6 nitrogen and oxygen atoms in total. The molecule has 0 amide bonds. The molecule has 1 N–H and O–H groups in total. The zero-order chi connectivity index (χ0) is 14.5. The largest absolute Gasteiger partial charge is 0.506 e. The van der Waals surface area contributed by atoms with Gasteiger partial charge in [0.15, 0.2) is 0 Å². The quantitative estimate of drug-likeness (QED) is 0.895. The Labute approximate surface area is 124 Å². The number of aromatic hydroxyl groups is 1. The lowest BCUT2D eigenvalue weighted by atomic mass is 10.2. The Morgan fingerprint density at radius 1 is 1.05 bits per heavy atom. The van der Waals surface area contributed by atoms with Crippen LogP contribution in [0.25, 0.3) is 0 Å². The molecule has 1 saturated heterocycles. The fraction of sp³-hybridized carbons (Fsp3) is 0.467. The minimum atomic E-state index is 0.372. The van der Waals surface area contributed by atoms with Crippen molar-refractivity contribution < 1.29 is 5.11 Å². The summed E-state index contributed by atoms with van der Waals surface area (Å²) in [5.74, 6) is 0.372. The van der Waals surface area contributed by atoms with Gasteiger partial charge < -0.3 is 10.0 Å². The summed E-state index contributed by atoms with van der Waals surface area (Å²) in [5, 5.41) is 14.0. The SMILES string of the molecule is Oc1ccccc1N1CCN(CCCn2cncn2)CC1. The maximum atomic E-state index is 9.90. The number of hydrogen-bond donors (Lipinski definition) is 1. The molecule has 0 bridgehead atoms. The van der Waals surface area contributed by atoms with Crippen LogP contribution in [0, 0.1) is 0 Å². The number of phenolic OH excluding ortho intramolecular Hbond substituents is 1. The van der Waals surface area contributed by atoms with Crippen molar-refractivity contribution in [2.45, 2.75) is 13.0 Å². The lowest BCUT2D eigenvalue weighted by Gasteiger charge is -2.36. The molecule has 1 aromatic heterocycles. The van der Waals surface area contributed by atoms with E-state index in [4.69, 9.17) is 0 Å². The Morgan fingerprint density at radius 2 is 1.86 bits per heavy atom. The highest BCUT2D eigenvalue weighted by Crippen LogP contribution is 2.27. The van der Waals surface area contributed by atoms with Gasteiger partial charge >= 0.3 is 0 Å². The minimum absolute atomic E-state index is 0.372. The van der Waals surface area contributed by atoms with E-state index < -0.39 is 0 Å². The van der Waals surface area contributed by atoms with Crippen LogP contribution in [-0.4, -0.2) is 57.5 Å². The first kappa shape index (κ1) is 13.9. The number of rotatable bonds is 5. The van der Waals surface area contributed by atoms with Crippen LogP contribution < -0.4 is 4.90 Å². The lowest BCUT2D eigenvalue weighted by Crippen LogP contribution is -2.46. The monoisotopic (exact) mass is 287 g/mol. The van der Waals surface area contributed by atoms with E-state index in [0.717, 1.165) is 51.4 Å². The molecule has 1 aliphatic heterocycles. The van der Waals surface area contributed by atoms with Gasteiger partial charge in [-0.1, -0.05) is 12.1 Å². The van der Waals surface area contributed by atoms with Gasteiger partial charge in [-0.2, -0.15) is 5.10 Å². The van der Waals surface area contributed by atoms with Crippen molar-refractivity contribution in [1.29, 1.82) is 0 Å². The molecule has 112 valence electrons. The summed E-state index contributed by atoms with van der Waals surface area (Å²) in [4.78, 5) is 8.67. The molecule has 6 heteroatoms. The Hall–Kier alpha value is -2.08. The van der Waals surface area contributed by atoms with Crippen molar-refractivity contribution in [3.05, 3.63) is 36.9 Å². The van der Waals surface area contributed by atoms with Gasteiger partial charge in [-0.05, 0) is 18.6 Å². The third-order valence-electron chi connectivity index (χ3n) is 3.92. The second-order valence-corrected chi connectivity index (χ2v) is 5.33. The fourth-order valence-corrected chi connectivity index (χ4v) is 2.75. The van der Waals surface area contributed by atoms with Gasteiger partial charge in [-0.25, -0.2) is 4.98 Å². The van der Waals surface area contributed by atoms with Crippen LogP contribution in [0.15, 0.2) is 36.9 Å². The lowest BCUT2D eigenvalue weighted by molar-refractivity contribution is 0.248. The first-order valence-corrected chi connectivity index (χ1v) is 7.40. The number of phenols is 1. The van der Waals surface area contributed by atoms with Crippen LogP contribution in [-0.2, 0) is 6.54 Å².